The molecule has 0 spiro atoms. The van der Waals surface area contributed by atoms with Crippen LogP contribution < -0.4 is 40.0 Å². The van der Waals surface area contributed by atoms with Gasteiger partial charge in [0.2, 0.25) is 5.91 Å². The van der Waals surface area contributed by atoms with Crippen molar-refractivity contribution in [1.29, 1.82) is 0 Å². The predicted molar refractivity (Wildman–Crippen MR) is 88.3 cm³/mol. The van der Waals surface area contributed by atoms with Crippen LogP contribution in [0, 0.1) is 0 Å². The molecule has 23 heavy (non-hydrogen) atoms. The molecule has 0 aliphatic heterocycles. The molecule has 0 bridgehead atoms. The molecular formula is C18H34NNaO3. The van der Waals surface area contributed by atoms with E-state index in [0.29, 0.717) is 19.4 Å². The molecule has 0 saturated carbocycles. The van der Waals surface area contributed by atoms with Crippen molar-refractivity contribution in [3.8, 4) is 0 Å². The molecule has 0 heterocycles. The number of hydrogen-bond donors (Lipinski definition) is 1. The number of aliphatic carboxylic acids is 1. The summed E-state index contributed by atoms with van der Waals surface area (Å²) in [7, 11) is 0. The van der Waals surface area contributed by atoms with Gasteiger partial charge in [-0.15, -0.1) is 0 Å². The van der Waals surface area contributed by atoms with Crippen LogP contribution in [0.5, 0.6) is 0 Å². The van der Waals surface area contributed by atoms with Gasteiger partial charge < -0.3 is 15.2 Å². The molecule has 0 fully saturated rings. The van der Waals surface area contributed by atoms with Gasteiger partial charge in [-0.05, 0) is 25.7 Å². The Morgan fingerprint density at radius 2 is 1.22 bits per heavy atom. The van der Waals surface area contributed by atoms with E-state index in [4.69, 9.17) is 0 Å². The third-order valence-corrected chi connectivity index (χ3v) is 3.89. The van der Waals surface area contributed by atoms with Gasteiger partial charge in [0, 0.05) is 18.9 Å². The fourth-order valence-corrected chi connectivity index (χ4v) is 2.48. The SMILES string of the molecule is CCCCCCCCCCCC(=O)NCCCCCC(=O)[O-].[Na+]. The Balaban J connectivity index is 0. The van der Waals surface area contributed by atoms with Gasteiger partial charge in [0.1, 0.15) is 0 Å². The number of hydrogen-bond acceptors (Lipinski definition) is 3. The number of nitrogens with one attached hydrogen (secondary N) is 1. The van der Waals surface area contributed by atoms with Crippen LogP contribution in [0.3, 0.4) is 0 Å². The Morgan fingerprint density at radius 1 is 0.739 bits per heavy atom. The van der Waals surface area contributed by atoms with E-state index in [0.717, 1.165) is 25.7 Å². The fraction of sp³-hybridized carbons (Fsp3) is 0.889. The van der Waals surface area contributed by atoms with E-state index >= 15 is 0 Å². The summed E-state index contributed by atoms with van der Waals surface area (Å²) in [5.74, 6) is -0.864. The van der Waals surface area contributed by atoms with Crippen molar-refractivity contribution in [2.24, 2.45) is 0 Å². The maximum Gasteiger partial charge on any atom is 1.00 e. The van der Waals surface area contributed by atoms with Crippen LogP contribution >= 0.6 is 0 Å². The molecule has 0 atom stereocenters. The average Bonchev–Trinajstić information content (AvgIpc) is 2.48. The quantitative estimate of drug-likeness (QED) is 0.327. The van der Waals surface area contributed by atoms with Gasteiger partial charge in [-0.25, -0.2) is 0 Å². The molecule has 0 saturated heterocycles. The van der Waals surface area contributed by atoms with Crippen LogP contribution in [0.1, 0.15) is 96.8 Å². The third-order valence-electron chi connectivity index (χ3n) is 3.89. The Hall–Kier alpha value is -0.0600. The summed E-state index contributed by atoms with van der Waals surface area (Å²) in [5, 5.41) is 13.1. The number of carboxylic acids is 1. The zero-order chi connectivity index (χ0) is 16.5. The molecule has 0 aromatic carbocycles. The number of unbranched alkanes of at least 4 members (excludes halogenated alkanes) is 10. The smallest absolute Gasteiger partial charge is 0.550 e. The minimum Gasteiger partial charge on any atom is -0.550 e. The summed E-state index contributed by atoms with van der Waals surface area (Å²) in [6, 6.07) is 0. The molecule has 5 heteroatoms. The van der Waals surface area contributed by atoms with Gasteiger partial charge in [-0.1, -0.05) is 64.7 Å². The van der Waals surface area contributed by atoms with Crippen molar-refractivity contribution in [3.05, 3.63) is 0 Å². The maximum absolute atomic E-state index is 11.6. The molecule has 1 N–H and O–H groups in total. The minimum atomic E-state index is -0.991. The minimum absolute atomic E-state index is 0. The number of carbonyl (C=O) groups excluding carboxylic acids is 2. The second-order valence-electron chi connectivity index (χ2n) is 6.11. The van der Waals surface area contributed by atoms with Crippen LogP contribution in [-0.4, -0.2) is 18.4 Å². The van der Waals surface area contributed by atoms with E-state index in [9.17, 15) is 14.7 Å². The van der Waals surface area contributed by atoms with Crippen molar-refractivity contribution in [3.63, 3.8) is 0 Å². The van der Waals surface area contributed by atoms with Gasteiger partial charge in [-0.2, -0.15) is 0 Å². The van der Waals surface area contributed by atoms with E-state index in [1.165, 1.54) is 44.9 Å². The standard InChI is InChI=1S/C18H35NO3.Na/c1-2-3-4-5-6-7-8-9-11-14-17(20)19-16-13-10-12-15-18(21)22;/h2-16H2,1H3,(H,19,20)(H,21,22);/q;+1/p-1. The zero-order valence-corrected chi connectivity index (χ0v) is 17.3. The number of carboxylic acid groups (broad SMARTS) is 1. The first kappa shape index (κ1) is 25.2. The van der Waals surface area contributed by atoms with Crippen LogP contribution in [0.15, 0.2) is 0 Å². The first-order valence-electron chi connectivity index (χ1n) is 9.13. The summed E-state index contributed by atoms with van der Waals surface area (Å²) in [6.07, 6.45) is 14.4. The number of amides is 1. The summed E-state index contributed by atoms with van der Waals surface area (Å²) in [4.78, 5) is 21.8. The van der Waals surface area contributed by atoms with Gasteiger partial charge >= 0.3 is 29.6 Å². The van der Waals surface area contributed by atoms with Crippen molar-refractivity contribution >= 4 is 11.9 Å². The van der Waals surface area contributed by atoms with Crippen LogP contribution in [0.4, 0.5) is 0 Å². The van der Waals surface area contributed by atoms with E-state index in [2.05, 4.69) is 12.2 Å². The van der Waals surface area contributed by atoms with E-state index in [1.54, 1.807) is 0 Å². The molecule has 0 aliphatic rings. The third kappa shape index (κ3) is 21.9. The Labute approximate surface area is 164 Å². The van der Waals surface area contributed by atoms with Gasteiger partial charge in [0.05, 0.1) is 0 Å². The summed E-state index contributed by atoms with van der Waals surface area (Å²) in [5.41, 5.74) is 0. The van der Waals surface area contributed by atoms with Crippen LogP contribution in [-0.2, 0) is 9.59 Å². The number of carbonyl (C=O) groups is 2. The molecule has 0 aromatic rings. The maximum atomic E-state index is 11.6. The second kappa shape index (κ2) is 20.0. The Morgan fingerprint density at radius 3 is 1.78 bits per heavy atom. The average molecular weight is 335 g/mol. The van der Waals surface area contributed by atoms with E-state index in [-0.39, 0.29) is 41.9 Å². The normalized spacial score (nSPS) is 10.1. The Kier molecular flexibility index (Phi) is 21.9. The zero-order valence-electron chi connectivity index (χ0n) is 15.3. The first-order valence-corrected chi connectivity index (χ1v) is 9.13. The molecule has 0 radical (unpaired) electrons. The van der Waals surface area contributed by atoms with Crippen molar-refractivity contribution < 1.29 is 44.3 Å². The monoisotopic (exact) mass is 335 g/mol. The summed E-state index contributed by atoms with van der Waals surface area (Å²) < 4.78 is 0. The molecular weight excluding hydrogens is 301 g/mol. The topological polar surface area (TPSA) is 69.2 Å². The van der Waals surface area contributed by atoms with Crippen molar-refractivity contribution in [2.45, 2.75) is 96.8 Å². The molecule has 4 nitrogen and oxygen atoms in total. The molecule has 0 unspecified atom stereocenters. The van der Waals surface area contributed by atoms with Crippen molar-refractivity contribution in [1.82, 2.24) is 5.32 Å². The van der Waals surface area contributed by atoms with Crippen LogP contribution in [0.2, 0.25) is 0 Å². The largest absolute Gasteiger partial charge is 1.00 e. The van der Waals surface area contributed by atoms with E-state index < -0.39 is 5.97 Å². The predicted octanol–water partition coefficient (Wildman–Crippen LogP) is 0.338. The molecule has 130 valence electrons. The summed E-state index contributed by atoms with van der Waals surface area (Å²) >= 11 is 0. The summed E-state index contributed by atoms with van der Waals surface area (Å²) in [6.45, 7) is 2.89. The Bertz CT molecular complexity index is 285. The van der Waals surface area contributed by atoms with E-state index in [1.807, 2.05) is 0 Å². The van der Waals surface area contributed by atoms with Gasteiger partial charge in [-0.3, -0.25) is 4.79 Å². The fourth-order valence-electron chi connectivity index (χ4n) is 2.48. The first-order chi connectivity index (χ1) is 10.7. The number of rotatable bonds is 16. The van der Waals surface area contributed by atoms with Gasteiger partial charge in [0.15, 0.2) is 0 Å². The van der Waals surface area contributed by atoms with Crippen molar-refractivity contribution in [2.75, 3.05) is 6.54 Å². The van der Waals surface area contributed by atoms with Crippen LogP contribution in [0.25, 0.3) is 0 Å². The molecule has 0 aliphatic carbocycles. The van der Waals surface area contributed by atoms with Gasteiger partial charge in [0.25, 0.3) is 0 Å². The molecule has 1 amide bonds. The molecule has 0 rings (SSSR count). The molecule has 0 aromatic heterocycles. The second-order valence-corrected chi connectivity index (χ2v) is 6.11.